The maximum atomic E-state index is 12.5. The summed E-state index contributed by atoms with van der Waals surface area (Å²) >= 11 is 0. The van der Waals surface area contributed by atoms with Crippen LogP contribution < -0.4 is 5.32 Å². The minimum atomic E-state index is -1.79. The average Bonchev–Trinajstić information content (AvgIpc) is 2.84. The maximum Gasteiger partial charge on any atom is 0.410 e. The monoisotopic (exact) mass is 344 g/mol. The van der Waals surface area contributed by atoms with E-state index in [4.69, 9.17) is 9.16 Å². The summed E-state index contributed by atoms with van der Waals surface area (Å²) in [6, 6.07) is 0.202. The summed E-state index contributed by atoms with van der Waals surface area (Å²) in [4.78, 5) is 14.4. The minimum absolute atomic E-state index is 0.179. The average molecular weight is 345 g/mol. The lowest BCUT2D eigenvalue weighted by Gasteiger charge is -2.37. The van der Waals surface area contributed by atoms with Crippen molar-refractivity contribution in [2.24, 2.45) is 0 Å². The summed E-state index contributed by atoms with van der Waals surface area (Å²) in [5, 5.41) is 3.50. The molecule has 1 saturated heterocycles. The van der Waals surface area contributed by atoms with Crippen molar-refractivity contribution in [3.05, 3.63) is 0 Å². The smallest absolute Gasteiger partial charge is 0.410 e. The Hall–Kier alpha value is -0.593. The van der Waals surface area contributed by atoms with Crippen molar-refractivity contribution in [2.75, 3.05) is 26.2 Å². The molecule has 0 saturated carbocycles. The summed E-state index contributed by atoms with van der Waals surface area (Å²) in [5.74, 6) is 0. The highest BCUT2D eigenvalue weighted by atomic mass is 28.4. The van der Waals surface area contributed by atoms with Crippen LogP contribution in [-0.2, 0) is 9.16 Å². The quantitative estimate of drug-likeness (QED) is 0.774. The van der Waals surface area contributed by atoms with Crippen LogP contribution >= 0.6 is 0 Å². The minimum Gasteiger partial charge on any atom is -0.444 e. The van der Waals surface area contributed by atoms with Gasteiger partial charge in [-0.2, -0.15) is 0 Å². The Morgan fingerprint density at radius 2 is 1.83 bits per heavy atom. The normalized spacial score (nSPS) is 19.7. The summed E-state index contributed by atoms with van der Waals surface area (Å²) in [5.41, 5.74) is -0.471. The molecule has 0 aromatic carbocycles. The first-order valence-electron chi connectivity index (χ1n) is 8.68. The third kappa shape index (κ3) is 6.43. The van der Waals surface area contributed by atoms with E-state index in [0.29, 0.717) is 13.2 Å². The first-order chi connectivity index (χ1) is 10.3. The van der Waals surface area contributed by atoms with Gasteiger partial charge in [-0.15, -0.1) is 0 Å². The molecule has 136 valence electrons. The molecule has 1 heterocycles. The number of carbonyl (C=O) groups excluding carboxylic acids is 1. The van der Waals surface area contributed by atoms with Crippen molar-refractivity contribution in [1.82, 2.24) is 10.2 Å². The molecule has 1 amide bonds. The van der Waals surface area contributed by atoms with Gasteiger partial charge in [-0.25, -0.2) is 4.79 Å². The van der Waals surface area contributed by atoms with Gasteiger partial charge in [0.1, 0.15) is 5.60 Å². The lowest BCUT2D eigenvalue weighted by atomic mass is 10.2. The van der Waals surface area contributed by atoms with Crippen LogP contribution in [0.3, 0.4) is 0 Å². The van der Waals surface area contributed by atoms with Crippen molar-refractivity contribution >= 4 is 14.4 Å². The van der Waals surface area contributed by atoms with Crippen molar-refractivity contribution in [2.45, 2.75) is 77.7 Å². The summed E-state index contributed by atoms with van der Waals surface area (Å²) < 4.78 is 11.8. The molecule has 1 aliphatic heterocycles. The van der Waals surface area contributed by atoms with Crippen molar-refractivity contribution in [3.8, 4) is 0 Å². The van der Waals surface area contributed by atoms with Gasteiger partial charge >= 0.3 is 6.09 Å². The number of carbonyl (C=O) groups is 1. The number of nitrogens with zero attached hydrogens (tertiary/aromatic N) is 1. The Balaban J connectivity index is 2.65. The number of hydrogen-bond donors (Lipinski definition) is 1. The summed E-state index contributed by atoms with van der Waals surface area (Å²) in [7, 11) is -1.79. The molecule has 1 unspecified atom stereocenters. The van der Waals surface area contributed by atoms with Crippen LogP contribution in [-0.4, -0.2) is 57.2 Å². The van der Waals surface area contributed by atoms with E-state index in [1.54, 1.807) is 0 Å². The highest BCUT2D eigenvalue weighted by molar-refractivity contribution is 6.74. The molecule has 1 aliphatic rings. The summed E-state index contributed by atoms with van der Waals surface area (Å²) in [6.45, 7) is 19.8. The second kappa shape index (κ2) is 7.53. The van der Waals surface area contributed by atoms with Crippen molar-refractivity contribution < 1.29 is 14.0 Å². The van der Waals surface area contributed by atoms with E-state index < -0.39 is 13.9 Å². The van der Waals surface area contributed by atoms with Gasteiger partial charge in [-0.05, 0) is 51.9 Å². The van der Waals surface area contributed by atoms with Crippen LogP contribution in [0.1, 0.15) is 48.0 Å². The molecule has 0 aliphatic carbocycles. The first-order valence-corrected chi connectivity index (χ1v) is 11.6. The fourth-order valence-corrected chi connectivity index (χ4v) is 3.30. The van der Waals surface area contributed by atoms with E-state index in [1.807, 2.05) is 25.7 Å². The predicted octanol–water partition coefficient (Wildman–Crippen LogP) is 3.61. The van der Waals surface area contributed by atoms with Gasteiger partial charge in [-0.3, -0.25) is 0 Å². The molecule has 0 aromatic heterocycles. The molecular weight excluding hydrogens is 308 g/mol. The van der Waals surface area contributed by atoms with Crippen LogP contribution in [0.5, 0.6) is 0 Å². The lowest BCUT2D eigenvalue weighted by molar-refractivity contribution is 0.0145. The van der Waals surface area contributed by atoms with Gasteiger partial charge in [0.25, 0.3) is 0 Å². The zero-order chi connectivity index (χ0) is 17.9. The Morgan fingerprint density at radius 1 is 1.22 bits per heavy atom. The highest BCUT2D eigenvalue weighted by Gasteiger charge is 2.37. The van der Waals surface area contributed by atoms with Gasteiger partial charge in [0, 0.05) is 19.1 Å². The summed E-state index contributed by atoms with van der Waals surface area (Å²) in [6.07, 6.45) is 0.740. The first kappa shape index (κ1) is 20.5. The highest BCUT2D eigenvalue weighted by Crippen LogP contribution is 2.36. The molecule has 23 heavy (non-hydrogen) atoms. The number of ether oxygens (including phenoxy) is 1. The Bertz CT molecular complexity index is 394. The number of amides is 1. The number of nitrogens with one attached hydrogen (secondary N) is 1. The molecule has 0 aromatic rings. The zero-order valence-corrected chi connectivity index (χ0v) is 17.3. The van der Waals surface area contributed by atoms with E-state index in [1.165, 1.54) is 0 Å². The van der Waals surface area contributed by atoms with Crippen LogP contribution in [0.2, 0.25) is 18.1 Å². The van der Waals surface area contributed by atoms with Crippen LogP contribution in [0.4, 0.5) is 4.79 Å². The molecule has 0 spiro atoms. The van der Waals surface area contributed by atoms with E-state index in [2.05, 4.69) is 39.2 Å². The molecule has 1 atom stereocenters. The predicted molar refractivity (Wildman–Crippen MR) is 97.4 cm³/mol. The van der Waals surface area contributed by atoms with E-state index in [9.17, 15) is 4.79 Å². The Kier molecular flexibility index (Phi) is 6.70. The Morgan fingerprint density at radius 3 is 2.26 bits per heavy atom. The van der Waals surface area contributed by atoms with Crippen LogP contribution in [0.25, 0.3) is 0 Å². The fraction of sp³-hybridized carbons (Fsp3) is 0.941. The third-order valence-corrected chi connectivity index (χ3v) is 9.24. The van der Waals surface area contributed by atoms with Crippen LogP contribution in [0.15, 0.2) is 0 Å². The number of rotatable bonds is 5. The van der Waals surface area contributed by atoms with Gasteiger partial charge in [-0.1, -0.05) is 20.8 Å². The molecule has 5 nitrogen and oxygen atoms in total. The largest absolute Gasteiger partial charge is 0.444 e. The van der Waals surface area contributed by atoms with E-state index >= 15 is 0 Å². The topological polar surface area (TPSA) is 50.8 Å². The van der Waals surface area contributed by atoms with E-state index in [0.717, 1.165) is 19.5 Å². The SMILES string of the molecule is CC(C)(C)OC(=O)N(CCO[Si](C)(C)C(C)(C)C)C1CCNC1. The van der Waals surface area contributed by atoms with Crippen LogP contribution in [0, 0.1) is 0 Å². The maximum absolute atomic E-state index is 12.5. The molecule has 6 heteroatoms. The van der Waals surface area contributed by atoms with Crippen molar-refractivity contribution in [3.63, 3.8) is 0 Å². The van der Waals surface area contributed by atoms with Gasteiger partial charge in [0.2, 0.25) is 0 Å². The molecule has 1 fully saturated rings. The van der Waals surface area contributed by atoms with E-state index in [-0.39, 0.29) is 17.2 Å². The lowest BCUT2D eigenvalue weighted by Crippen LogP contribution is -2.48. The van der Waals surface area contributed by atoms with Gasteiger partial charge in [0.15, 0.2) is 8.32 Å². The second-order valence-electron chi connectivity index (χ2n) is 8.93. The third-order valence-electron chi connectivity index (χ3n) is 4.70. The second-order valence-corrected chi connectivity index (χ2v) is 13.7. The molecular formula is C17H36N2O3Si. The molecule has 1 N–H and O–H groups in total. The zero-order valence-electron chi connectivity index (χ0n) is 16.3. The number of hydrogen-bond acceptors (Lipinski definition) is 4. The molecule has 0 bridgehead atoms. The standard InChI is InChI=1S/C17H36N2O3Si/c1-16(2,3)22-15(20)19(14-9-10-18-13-14)11-12-21-23(7,8)17(4,5)6/h14,18H,9-13H2,1-8H3. The van der Waals surface area contributed by atoms with Crippen molar-refractivity contribution in [1.29, 1.82) is 0 Å². The van der Waals surface area contributed by atoms with Gasteiger partial charge < -0.3 is 19.4 Å². The fourth-order valence-electron chi connectivity index (χ4n) is 2.26. The Labute approximate surface area is 143 Å². The van der Waals surface area contributed by atoms with Gasteiger partial charge in [0.05, 0.1) is 6.61 Å². The molecule has 1 rings (SSSR count). The molecule has 0 radical (unpaired) electrons.